The summed E-state index contributed by atoms with van der Waals surface area (Å²) in [6.45, 7) is 2.25. The first-order valence-corrected chi connectivity index (χ1v) is 6.96. The maximum absolute atomic E-state index is 5.90. The van der Waals surface area contributed by atoms with Crippen LogP contribution in [-0.2, 0) is 4.74 Å². The molecule has 0 amide bonds. The lowest BCUT2D eigenvalue weighted by molar-refractivity contribution is 0.0372. The molecule has 1 N–H and O–H groups in total. The van der Waals surface area contributed by atoms with Gasteiger partial charge in [0.25, 0.3) is 0 Å². The largest absolute Gasteiger partial charge is 0.368 e. The van der Waals surface area contributed by atoms with Gasteiger partial charge in [-0.25, -0.2) is 9.97 Å². The molecule has 1 atom stereocenters. The summed E-state index contributed by atoms with van der Waals surface area (Å²) in [4.78, 5) is 18.3. The number of fused-ring (bicyclic) bond motifs is 1. The average molecular weight is 281 g/mol. The Morgan fingerprint density at radius 2 is 2.24 bits per heavy atom. The van der Waals surface area contributed by atoms with Crippen LogP contribution in [0, 0.1) is 0 Å². The van der Waals surface area contributed by atoms with E-state index in [1.54, 1.807) is 24.8 Å². The number of pyridine rings is 1. The van der Waals surface area contributed by atoms with E-state index in [0.717, 1.165) is 35.6 Å². The monoisotopic (exact) mass is 281 g/mol. The molecule has 6 nitrogen and oxygen atoms in total. The van der Waals surface area contributed by atoms with Crippen molar-refractivity contribution in [1.82, 2.24) is 19.9 Å². The van der Waals surface area contributed by atoms with Crippen molar-refractivity contribution in [2.75, 3.05) is 24.6 Å². The Morgan fingerprint density at radius 1 is 1.24 bits per heavy atom. The number of morpholine rings is 1. The summed E-state index contributed by atoms with van der Waals surface area (Å²) in [7, 11) is 0. The topological polar surface area (TPSA) is 66.9 Å². The van der Waals surface area contributed by atoms with E-state index in [2.05, 4.69) is 30.9 Å². The van der Waals surface area contributed by atoms with Gasteiger partial charge in [0.2, 0.25) is 0 Å². The van der Waals surface area contributed by atoms with Crippen LogP contribution < -0.4 is 4.90 Å². The lowest BCUT2D eigenvalue weighted by Gasteiger charge is -2.33. The van der Waals surface area contributed by atoms with E-state index in [1.807, 2.05) is 12.1 Å². The van der Waals surface area contributed by atoms with Crippen LogP contribution in [0.3, 0.4) is 0 Å². The third-order valence-corrected chi connectivity index (χ3v) is 3.70. The third-order valence-electron chi connectivity index (χ3n) is 3.70. The molecule has 0 radical (unpaired) electrons. The SMILES string of the molecule is c1cnc2[nH]c([C@H]3CN(c4cnccn4)CCO3)cc2c1. The number of ether oxygens (including phenoxy) is 1. The minimum absolute atomic E-state index is 0.00467. The van der Waals surface area contributed by atoms with E-state index in [-0.39, 0.29) is 6.10 Å². The maximum Gasteiger partial charge on any atom is 0.147 e. The molecule has 1 fully saturated rings. The summed E-state index contributed by atoms with van der Waals surface area (Å²) in [5, 5.41) is 1.10. The van der Waals surface area contributed by atoms with Crippen LogP contribution in [0.25, 0.3) is 11.0 Å². The zero-order valence-corrected chi connectivity index (χ0v) is 11.4. The van der Waals surface area contributed by atoms with Gasteiger partial charge in [-0.2, -0.15) is 0 Å². The lowest BCUT2D eigenvalue weighted by atomic mass is 10.2. The Kier molecular flexibility index (Phi) is 3.01. The number of anilines is 1. The van der Waals surface area contributed by atoms with Gasteiger partial charge in [0.15, 0.2) is 0 Å². The number of nitrogens with zero attached hydrogens (tertiary/aromatic N) is 4. The van der Waals surface area contributed by atoms with Crippen LogP contribution >= 0.6 is 0 Å². The maximum atomic E-state index is 5.90. The fourth-order valence-electron chi connectivity index (χ4n) is 2.65. The first kappa shape index (κ1) is 12.3. The van der Waals surface area contributed by atoms with Gasteiger partial charge in [-0.3, -0.25) is 4.98 Å². The number of aromatic amines is 1. The van der Waals surface area contributed by atoms with Gasteiger partial charge in [-0.1, -0.05) is 0 Å². The van der Waals surface area contributed by atoms with Gasteiger partial charge in [0.05, 0.1) is 19.3 Å². The van der Waals surface area contributed by atoms with E-state index in [4.69, 9.17) is 4.74 Å². The molecule has 3 aromatic heterocycles. The Hall–Kier alpha value is -2.47. The molecule has 6 heteroatoms. The highest BCUT2D eigenvalue weighted by Gasteiger charge is 2.24. The smallest absolute Gasteiger partial charge is 0.147 e. The fraction of sp³-hybridized carbons (Fsp3) is 0.267. The molecule has 0 saturated carbocycles. The van der Waals surface area contributed by atoms with Gasteiger partial charge >= 0.3 is 0 Å². The second kappa shape index (κ2) is 5.14. The van der Waals surface area contributed by atoms with Crippen molar-refractivity contribution in [1.29, 1.82) is 0 Å². The predicted molar refractivity (Wildman–Crippen MR) is 79.0 cm³/mol. The lowest BCUT2D eigenvalue weighted by Crippen LogP contribution is -2.39. The minimum atomic E-state index is -0.00467. The molecule has 1 saturated heterocycles. The summed E-state index contributed by atoms with van der Waals surface area (Å²) in [5.41, 5.74) is 1.95. The minimum Gasteiger partial charge on any atom is -0.368 e. The van der Waals surface area contributed by atoms with Crippen molar-refractivity contribution in [3.8, 4) is 0 Å². The second-order valence-corrected chi connectivity index (χ2v) is 5.03. The van der Waals surface area contributed by atoms with Crippen LogP contribution in [0.4, 0.5) is 5.82 Å². The van der Waals surface area contributed by atoms with Crippen molar-refractivity contribution in [2.45, 2.75) is 6.10 Å². The molecule has 21 heavy (non-hydrogen) atoms. The van der Waals surface area contributed by atoms with Gasteiger partial charge in [0.1, 0.15) is 17.6 Å². The number of aromatic nitrogens is 4. The van der Waals surface area contributed by atoms with Gasteiger partial charge in [0, 0.05) is 36.2 Å². The summed E-state index contributed by atoms with van der Waals surface area (Å²) in [6, 6.07) is 6.09. The van der Waals surface area contributed by atoms with Crippen molar-refractivity contribution in [3.05, 3.63) is 48.7 Å². The molecular formula is C15H15N5O. The number of hydrogen-bond donors (Lipinski definition) is 1. The zero-order chi connectivity index (χ0) is 14.1. The second-order valence-electron chi connectivity index (χ2n) is 5.03. The first-order chi connectivity index (χ1) is 10.4. The first-order valence-electron chi connectivity index (χ1n) is 6.96. The van der Waals surface area contributed by atoms with E-state index < -0.39 is 0 Å². The summed E-state index contributed by atoms with van der Waals surface area (Å²) in [6.07, 6.45) is 6.97. The van der Waals surface area contributed by atoms with Gasteiger partial charge < -0.3 is 14.6 Å². The average Bonchev–Trinajstić information content (AvgIpc) is 3.00. The number of rotatable bonds is 2. The van der Waals surface area contributed by atoms with E-state index in [9.17, 15) is 0 Å². The third kappa shape index (κ3) is 2.34. The Morgan fingerprint density at radius 3 is 3.10 bits per heavy atom. The molecular weight excluding hydrogens is 266 g/mol. The highest BCUT2D eigenvalue weighted by atomic mass is 16.5. The Labute approximate surface area is 121 Å². The molecule has 0 aromatic carbocycles. The number of H-pyrrole nitrogens is 1. The van der Waals surface area contributed by atoms with Crippen molar-refractivity contribution < 1.29 is 4.74 Å². The predicted octanol–water partition coefficient (Wildman–Crippen LogP) is 1.93. The van der Waals surface area contributed by atoms with Crippen molar-refractivity contribution >= 4 is 16.9 Å². The van der Waals surface area contributed by atoms with Crippen molar-refractivity contribution in [2.24, 2.45) is 0 Å². The molecule has 0 spiro atoms. The molecule has 4 heterocycles. The molecule has 4 rings (SSSR count). The fourth-order valence-corrected chi connectivity index (χ4v) is 2.65. The zero-order valence-electron chi connectivity index (χ0n) is 11.4. The summed E-state index contributed by atoms with van der Waals surface area (Å²) >= 11 is 0. The number of nitrogens with one attached hydrogen (secondary N) is 1. The van der Waals surface area contributed by atoms with Gasteiger partial charge in [-0.15, -0.1) is 0 Å². The molecule has 0 bridgehead atoms. The molecule has 0 aliphatic carbocycles. The quantitative estimate of drug-likeness (QED) is 0.777. The summed E-state index contributed by atoms with van der Waals surface area (Å²) < 4.78 is 5.90. The molecule has 106 valence electrons. The van der Waals surface area contributed by atoms with Gasteiger partial charge in [-0.05, 0) is 18.2 Å². The summed E-state index contributed by atoms with van der Waals surface area (Å²) in [5.74, 6) is 0.889. The molecule has 1 aliphatic rings. The Bertz CT molecular complexity index is 709. The highest BCUT2D eigenvalue weighted by molar-refractivity contribution is 5.76. The van der Waals surface area contributed by atoms with Crippen LogP contribution in [0.2, 0.25) is 0 Å². The van der Waals surface area contributed by atoms with E-state index in [1.165, 1.54) is 0 Å². The van der Waals surface area contributed by atoms with Crippen LogP contribution in [0.15, 0.2) is 43.0 Å². The van der Waals surface area contributed by atoms with Crippen LogP contribution in [-0.4, -0.2) is 39.6 Å². The normalized spacial score (nSPS) is 19.0. The van der Waals surface area contributed by atoms with Crippen molar-refractivity contribution in [3.63, 3.8) is 0 Å². The standard InChI is InChI=1S/C15H15N5O/c1-2-11-8-12(19-15(11)18-3-1)13-10-20(6-7-21-13)14-9-16-4-5-17-14/h1-5,8-9,13H,6-7,10H2,(H,18,19)/t13-/m1/s1. The molecule has 3 aromatic rings. The highest BCUT2D eigenvalue weighted by Crippen LogP contribution is 2.26. The van der Waals surface area contributed by atoms with Crippen LogP contribution in [0.5, 0.6) is 0 Å². The molecule has 0 unspecified atom stereocenters. The number of hydrogen-bond acceptors (Lipinski definition) is 5. The van der Waals surface area contributed by atoms with E-state index >= 15 is 0 Å². The molecule has 1 aliphatic heterocycles. The van der Waals surface area contributed by atoms with Crippen LogP contribution in [0.1, 0.15) is 11.8 Å². The Balaban J connectivity index is 1.60. The van der Waals surface area contributed by atoms with E-state index in [0.29, 0.717) is 6.61 Å².